The summed E-state index contributed by atoms with van der Waals surface area (Å²) >= 11 is 3.57. The van der Waals surface area contributed by atoms with Crippen LogP contribution in [-0.2, 0) is 0 Å². The molecule has 26 heavy (non-hydrogen) atoms. The predicted molar refractivity (Wildman–Crippen MR) is 107 cm³/mol. The van der Waals surface area contributed by atoms with Crippen molar-refractivity contribution in [3.63, 3.8) is 0 Å². The molecule has 0 N–H and O–H groups in total. The molecule has 0 radical (unpaired) electrons. The topological polar surface area (TPSA) is 34.0 Å². The van der Waals surface area contributed by atoms with Crippen LogP contribution in [0.25, 0.3) is 0 Å². The minimum Gasteiger partial charge on any atom is -0.481 e. The first-order valence-corrected chi connectivity index (χ1v) is 9.32. The summed E-state index contributed by atoms with van der Waals surface area (Å²) in [6.45, 7) is 0. The molecule has 2 atom stereocenters. The third-order valence-corrected chi connectivity index (χ3v) is 5.18. The minimum atomic E-state index is -0.200. The van der Waals surface area contributed by atoms with Gasteiger partial charge in [-0.25, -0.2) is 4.99 Å². The second-order valence-electron chi connectivity index (χ2n) is 6.35. The zero-order valence-electron chi connectivity index (χ0n) is 13.8. The number of ether oxygens (including phenoxy) is 1. The molecule has 0 aliphatic carbocycles. The largest absolute Gasteiger partial charge is 0.481 e. The van der Waals surface area contributed by atoms with E-state index in [1.807, 2.05) is 60.7 Å². The van der Waals surface area contributed by atoms with Crippen molar-refractivity contribution in [3.8, 4) is 5.75 Å². The third-order valence-electron chi connectivity index (χ3n) is 4.69. The number of aliphatic imine (C=N–C) groups is 2. The number of halogens is 1. The van der Waals surface area contributed by atoms with Gasteiger partial charge in [-0.1, -0.05) is 76.6 Å². The molecule has 2 unspecified atom stereocenters. The second-order valence-corrected chi connectivity index (χ2v) is 7.26. The van der Waals surface area contributed by atoms with Crippen molar-refractivity contribution < 1.29 is 4.74 Å². The quantitative estimate of drug-likeness (QED) is 0.579. The average Bonchev–Trinajstić information content (AvgIpc) is 3.06. The monoisotopic (exact) mass is 402 g/mol. The smallest absolute Gasteiger partial charge is 0.168 e. The summed E-state index contributed by atoms with van der Waals surface area (Å²) in [5.74, 6) is 1.63. The van der Waals surface area contributed by atoms with E-state index in [4.69, 9.17) is 14.7 Å². The van der Waals surface area contributed by atoms with Crippen molar-refractivity contribution in [1.29, 1.82) is 0 Å². The lowest BCUT2D eigenvalue weighted by Crippen LogP contribution is -2.33. The maximum Gasteiger partial charge on any atom is 0.168 e. The molecule has 0 saturated heterocycles. The standard InChI is InChI=1S/C22H15BrN2O/c23-16-11-12-18-17(13-16)20-21(26-18)19(14-7-3-1-4-8-14)24-22(25-20)15-9-5-2-6-10-15/h1-13,20-21H. The number of hydrogen-bond acceptors (Lipinski definition) is 3. The molecule has 3 nitrogen and oxygen atoms in total. The van der Waals surface area contributed by atoms with Crippen LogP contribution in [0.15, 0.2) is 93.3 Å². The lowest BCUT2D eigenvalue weighted by molar-refractivity contribution is 0.275. The Kier molecular flexibility index (Phi) is 3.71. The van der Waals surface area contributed by atoms with Gasteiger partial charge in [-0.05, 0) is 23.8 Å². The van der Waals surface area contributed by atoms with Crippen LogP contribution >= 0.6 is 15.9 Å². The molecule has 126 valence electrons. The Morgan fingerprint density at radius 1 is 0.808 bits per heavy atom. The molecule has 0 saturated carbocycles. The fraction of sp³-hybridized carbons (Fsp3) is 0.0909. The summed E-state index contributed by atoms with van der Waals surface area (Å²) in [7, 11) is 0. The van der Waals surface area contributed by atoms with E-state index in [9.17, 15) is 0 Å². The number of nitrogens with zero attached hydrogens (tertiary/aromatic N) is 2. The van der Waals surface area contributed by atoms with Gasteiger partial charge in [0.05, 0.1) is 5.71 Å². The highest BCUT2D eigenvalue weighted by Gasteiger charge is 2.41. The first-order valence-electron chi connectivity index (χ1n) is 8.53. The van der Waals surface area contributed by atoms with Gasteiger partial charge >= 0.3 is 0 Å². The summed E-state index contributed by atoms with van der Waals surface area (Å²) in [4.78, 5) is 9.86. The summed E-state index contributed by atoms with van der Waals surface area (Å²) in [6, 6.07) is 26.3. The molecule has 2 heterocycles. The second kappa shape index (κ2) is 6.22. The number of benzene rings is 3. The SMILES string of the molecule is Brc1ccc2c(c1)C1N=C(c3ccccc3)N=C(c3ccccc3)C1O2. The van der Waals surface area contributed by atoms with E-state index in [2.05, 4.69) is 34.1 Å². The fourth-order valence-corrected chi connectivity index (χ4v) is 3.85. The van der Waals surface area contributed by atoms with E-state index in [-0.39, 0.29) is 12.1 Å². The van der Waals surface area contributed by atoms with Gasteiger partial charge in [0.15, 0.2) is 11.9 Å². The first kappa shape index (κ1) is 15.5. The fourth-order valence-electron chi connectivity index (χ4n) is 3.47. The van der Waals surface area contributed by atoms with Crippen LogP contribution in [0.5, 0.6) is 5.75 Å². The van der Waals surface area contributed by atoms with Gasteiger partial charge in [0, 0.05) is 15.6 Å². The highest BCUT2D eigenvalue weighted by molar-refractivity contribution is 9.10. The van der Waals surface area contributed by atoms with Crippen molar-refractivity contribution in [1.82, 2.24) is 0 Å². The van der Waals surface area contributed by atoms with Gasteiger partial charge in [0.2, 0.25) is 0 Å². The van der Waals surface area contributed by atoms with Crippen molar-refractivity contribution in [2.24, 2.45) is 9.98 Å². The molecule has 4 heteroatoms. The molecular weight excluding hydrogens is 388 g/mol. The molecule has 0 fully saturated rings. The van der Waals surface area contributed by atoms with E-state index in [1.165, 1.54) is 0 Å². The van der Waals surface area contributed by atoms with E-state index in [1.54, 1.807) is 0 Å². The van der Waals surface area contributed by atoms with Gasteiger partial charge in [-0.15, -0.1) is 0 Å². The highest BCUT2D eigenvalue weighted by Crippen LogP contribution is 2.43. The van der Waals surface area contributed by atoms with Crippen molar-refractivity contribution >= 4 is 27.5 Å². The molecule has 3 aromatic rings. The normalized spacial score (nSPS) is 20.5. The van der Waals surface area contributed by atoms with Gasteiger partial charge < -0.3 is 4.74 Å². The minimum absolute atomic E-state index is 0.0922. The molecule has 0 amide bonds. The lowest BCUT2D eigenvalue weighted by Gasteiger charge is -2.24. The summed E-state index contributed by atoms with van der Waals surface area (Å²) in [5.41, 5.74) is 4.11. The molecule has 5 rings (SSSR count). The molecule has 0 aromatic heterocycles. The Hall–Kier alpha value is -2.72. The van der Waals surface area contributed by atoms with Crippen LogP contribution in [0.4, 0.5) is 0 Å². The van der Waals surface area contributed by atoms with Crippen molar-refractivity contribution in [2.75, 3.05) is 0 Å². The Bertz CT molecular complexity index is 1030. The third kappa shape index (κ3) is 2.58. The van der Waals surface area contributed by atoms with Gasteiger partial charge in [0.25, 0.3) is 0 Å². The Labute approximate surface area is 160 Å². The number of amidine groups is 1. The first-order chi connectivity index (χ1) is 12.8. The molecule has 0 bridgehead atoms. The summed E-state index contributed by atoms with van der Waals surface area (Å²) in [5, 5.41) is 0. The zero-order chi connectivity index (χ0) is 17.5. The maximum atomic E-state index is 6.26. The van der Waals surface area contributed by atoms with Crippen LogP contribution in [0.1, 0.15) is 22.7 Å². The van der Waals surface area contributed by atoms with Gasteiger partial charge in [-0.3, -0.25) is 4.99 Å². The Morgan fingerprint density at radius 2 is 1.50 bits per heavy atom. The van der Waals surface area contributed by atoms with Crippen LogP contribution in [0, 0.1) is 0 Å². The predicted octanol–water partition coefficient (Wildman–Crippen LogP) is 5.20. The molecule has 2 aliphatic rings. The number of fused-ring (bicyclic) bond motifs is 3. The van der Waals surface area contributed by atoms with E-state index in [0.29, 0.717) is 0 Å². The van der Waals surface area contributed by atoms with Gasteiger partial charge in [0.1, 0.15) is 11.8 Å². The molecule has 0 spiro atoms. The lowest BCUT2D eigenvalue weighted by atomic mass is 9.95. The van der Waals surface area contributed by atoms with Crippen LogP contribution in [-0.4, -0.2) is 17.7 Å². The van der Waals surface area contributed by atoms with E-state index in [0.717, 1.165) is 38.5 Å². The number of hydrogen-bond donors (Lipinski definition) is 0. The molecular formula is C22H15BrN2O. The Balaban J connectivity index is 1.69. The van der Waals surface area contributed by atoms with E-state index >= 15 is 0 Å². The Morgan fingerprint density at radius 3 is 2.23 bits per heavy atom. The number of rotatable bonds is 2. The average molecular weight is 403 g/mol. The van der Waals surface area contributed by atoms with Crippen molar-refractivity contribution in [2.45, 2.75) is 12.1 Å². The summed E-state index contributed by atoms with van der Waals surface area (Å²) < 4.78 is 7.29. The van der Waals surface area contributed by atoms with Crippen molar-refractivity contribution in [3.05, 3.63) is 100 Å². The zero-order valence-corrected chi connectivity index (χ0v) is 15.4. The molecule has 3 aromatic carbocycles. The molecule has 2 aliphatic heterocycles. The highest BCUT2D eigenvalue weighted by atomic mass is 79.9. The van der Waals surface area contributed by atoms with Gasteiger partial charge in [-0.2, -0.15) is 0 Å². The summed E-state index contributed by atoms with van der Waals surface area (Å²) in [6.07, 6.45) is -0.200. The van der Waals surface area contributed by atoms with Crippen LogP contribution in [0.2, 0.25) is 0 Å². The van der Waals surface area contributed by atoms with Crippen LogP contribution < -0.4 is 4.74 Å². The van der Waals surface area contributed by atoms with E-state index < -0.39 is 0 Å². The maximum absolute atomic E-state index is 6.26. The van der Waals surface area contributed by atoms with Crippen LogP contribution in [0.3, 0.4) is 0 Å².